The fourth-order valence-electron chi connectivity index (χ4n) is 2.60. The molecule has 2 rings (SSSR count). The Morgan fingerprint density at radius 3 is 2.45 bits per heavy atom. The molecular weight excluding hydrogens is 295 g/mol. The number of nitrogens with zero attached hydrogens (tertiary/aromatic N) is 1. The Balaban J connectivity index is 2.05. The number of benzene rings is 1. The van der Waals surface area contributed by atoms with Gasteiger partial charge in [0.1, 0.15) is 11.4 Å². The van der Waals surface area contributed by atoms with E-state index in [9.17, 15) is 24.1 Å². The van der Waals surface area contributed by atoms with Gasteiger partial charge >= 0.3 is 5.97 Å². The summed E-state index contributed by atoms with van der Waals surface area (Å²) < 4.78 is 13.1. The lowest BCUT2D eigenvalue weighted by molar-refractivity contribution is -0.385. The van der Waals surface area contributed by atoms with Gasteiger partial charge in [-0.2, -0.15) is 0 Å². The molecule has 1 amide bonds. The Morgan fingerprint density at radius 2 is 1.91 bits per heavy atom. The van der Waals surface area contributed by atoms with E-state index in [-0.39, 0.29) is 11.6 Å². The Morgan fingerprint density at radius 1 is 1.27 bits per heavy atom. The largest absolute Gasteiger partial charge is 0.481 e. The molecule has 1 aromatic rings. The third kappa shape index (κ3) is 3.57. The molecule has 0 saturated heterocycles. The summed E-state index contributed by atoms with van der Waals surface area (Å²) in [5.41, 5.74) is -0.788. The molecule has 0 spiro atoms. The van der Waals surface area contributed by atoms with Gasteiger partial charge in [0.15, 0.2) is 0 Å². The van der Waals surface area contributed by atoms with Crippen molar-refractivity contribution in [1.29, 1.82) is 0 Å². The number of amides is 1. The lowest BCUT2D eigenvalue weighted by atomic mass is 9.86. The van der Waals surface area contributed by atoms with Crippen molar-refractivity contribution in [2.45, 2.75) is 31.7 Å². The molecule has 1 aliphatic rings. The molecule has 1 aliphatic carbocycles. The van der Waals surface area contributed by atoms with Crippen LogP contribution in [0.5, 0.6) is 0 Å². The number of nitro groups is 1. The van der Waals surface area contributed by atoms with Crippen LogP contribution in [-0.2, 0) is 4.79 Å². The predicted molar refractivity (Wildman–Crippen MR) is 73.9 cm³/mol. The first-order valence-corrected chi connectivity index (χ1v) is 6.86. The van der Waals surface area contributed by atoms with Crippen LogP contribution in [0.2, 0.25) is 0 Å². The van der Waals surface area contributed by atoms with Crippen LogP contribution in [0.15, 0.2) is 18.2 Å². The lowest BCUT2D eigenvalue weighted by Crippen LogP contribution is -2.38. The number of carbonyl (C=O) groups excluding carboxylic acids is 1. The summed E-state index contributed by atoms with van der Waals surface area (Å²) >= 11 is 0. The molecule has 0 unspecified atom stereocenters. The normalized spacial score (nSPS) is 21.1. The summed E-state index contributed by atoms with van der Waals surface area (Å²) in [6.07, 6.45) is 1.90. The molecule has 118 valence electrons. The van der Waals surface area contributed by atoms with E-state index < -0.39 is 34.2 Å². The molecule has 8 heteroatoms. The minimum absolute atomic E-state index is 0.202. The van der Waals surface area contributed by atoms with Gasteiger partial charge in [-0.1, -0.05) is 0 Å². The second kappa shape index (κ2) is 6.50. The van der Waals surface area contributed by atoms with Crippen LogP contribution >= 0.6 is 0 Å². The second-order valence-corrected chi connectivity index (χ2v) is 5.28. The van der Waals surface area contributed by atoms with Crippen molar-refractivity contribution in [3.8, 4) is 0 Å². The monoisotopic (exact) mass is 310 g/mol. The summed E-state index contributed by atoms with van der Waals surface area (Å²) in [6.45, 7) is 0. The van der Waals surface area contributed by atoms with Crippen LogP contribution in [-0.4, -0.2) is 27.9 Å². The lowest BCUT2D eigenvalue weighted by Gasteiger charge is -2.26. The van der Waals surface area contributed by atoms with Gasteiger partial charge in [0, 0.05) is 6.04 Å². The van der Waals surface area contributed by atoms with Gasteiger partial charge in [-0.05, 0) is 37.8 Å². The molecule has 1 saturated carbocycles. The fourth-order valence-corrected chi connectivity index (χ4v) is 2.60. The van der Waals surface area contributed by atoms with Gasteiger partial charge < -0.3 is 10.4 Å². The van der Waals surface area contributed by atoms with Crippen LogP contribution in [0, 0.1) is 21.8 Å². The van der Waals surface area contributed by atoms with E-state index in [1.54, 1.807) is 0 Å². The fraction of sp³-hybridized carbons (Fsp3) is 0.429. The van der Waals surface area contributed by atoms with E-state index >= 15 is 0 Å². The SMILES string of the molecule is O=C(NC1CCC(C(=O)O)CC1)c1ccc(F)cc1[N+](=O)[O-]. The first-order valence-electron chi connectivity index (χ1n) is 6.86. The molecule has 22 heavy (non-hydrogen) atoms. The first kappa shape index (κ1) is 15.9. The Kier molecular flexibility index (Phi) is 4.69. The van der Waals surface area contributed by atoms with Gasteiger partial charge in [-0.15, -0.1) is 0 Å². The topological polar surface area (TPSA) is 110 Å². The van der Waals surface area contributed by atoms with Crippen LogP contribution in [0.25, 0.3) is 0 Å². The summed E-state index contributed by atoms with van der Waals surface area (Å²) in [5.74, 6) is -2.69. The zero-order valence-corrected chi connectivity index (χ0v) is 11.6. The number of hydrogen-bond acceptors (Lipinski definition) is 4. The highest BCUT2D eigenvalue weighted by Gasteiger charge is 2.28. The van der Waals surface area contributed by atoms with Crippen molar-refractivity contribution in [2.75, 3.05) is 0 Å². The van der Waals surface area contributed by atoms with Gasteiger partial charge in [-0.3, -0.25) is 19.7 Å². The maximum Gasteiger partial charge on any atom is 0.306 e. The number of aliphatic carboxylic acids is 1. The Labute approximate surface area is 125 Å². The molecular formula is C14H15FN2O5. The third-order valence-corrected chi connectivity index (χ3v) is 3.81. The molecule has 0 radical (unpaired) electrons. The van der Waals surface area contributed by atoms with Gasteiger partial charge in [0.2, 0.25) is 0 Å². The van der Waals surface area contributed by atoms with Crippen LogP contribution in [0.4, 0.5) is 10.1 Å². The molecule has 0 atom stereocenters. The first-order chi connectivity index (χ1) is 10.4. The number of rotatable bonds is 4. The Bertz CT molecular complexity index is 611. The smallest absolute Gasteiger partial charge is 0.306 e. The highest BCUT2D eigenvalue weighted by Crippen LogP contribution is 2.25. The molecule has 1 aromatic carbocycles. The minimum Gasteiger partial charge on any atom is -0.481 e. The number of carbonyl (C=O) groups is 2. The van der Waals surface area contributed by atoms with Crippen molar-refractivity contribution < 1.29 is 24.0 Å². The second-order valence-electron chi connectivity index (χ2n) is 5.28. The van der Waals surface area contributed by atoms with Crippen molar-refractivity contribution in [3.63, 3.8) is 0 Å². The van der Waals surface area contributed by atoms with E-state index in [4.69, 9.17) is 5.11 Å². The van der Waals surface area contributed by atoms with E-state index in [1.807, 2.05) is 0 Å². The van der Waals surface area contributed by atoms with Gasteiger partial charge in [0.05, 0.1) is 16.9 Å². The van der Waals surface area contributed by atoms with Gasteiger partial charge in [-0.25, -0.2) is 4.39 Å². The number of halogens is 1. The minimum atomic E-state index is -0.848. The van der Waals surface area contributed by atoms with Crippen molar-refractivity contribution >= 4 is 17.6 Å². The van der Waals surface area contributed by atoms with Crippen LogP contribution in [0.1, 0.15) is 36.0 Å². The molecule has 7 nitrogen and oxygen atoms in total. The summed E-state index contributed by atoms with van der Waals surface area (Å²) in [5, 5.41) is 22.4. The molecule has 0 heterocycles. The van der Waals surface area contributed by atoms with Gasteiger partial charge in [0.25, 0.3) is 11.6 Å². The number of nitro benzene ring substituents is 1. The third-order valence-electron chi connectivity index (χ3n) is 3.81. The summed E-state index contributed by atoms with van der Waals surface area (Å²) in [6, 6.07) is 2.54. The van der Waals surface area contributed by atoms with E-state index in [0.29, 0.717) is 31.7 Å². The maximum absolute atomic E-state index is 13.1. The molecule has 0 bridgehead atoms. The Hall–Kier alpha value is -2.51. The maximum atomic E-state index is 13.1. The van der Waals surface area contributed by atoms with Crippen LogP contribution < -0.4 is 5.32 Å². The average molecular weight is 310 g/mol. The average Bonchev–Trinajstić information content (AvgIpc) is 2.47. The van der Waals surface area contributed by atoms with E-state index in [2.05, 4.69) is 5.32 Å². The number of hydrogen-bond donors (Lipinski definition) is 2. The number of carboxylic acid groups (broad SMARTS) is 1. The molecule has 2 N–H and O–H groups in total. The quantitative estimate of drug-likeness (QED) is 0.653. The zero-order valence-electron chi connectivity index (χ0n) is 11.6. The molecule has 1 fully saturated rings. The molecule has 0 aromatic heterocycles. The number of carboxylic acids is 1. The summed E-state index contributed by atoms with van der Waals surface area (Å²) in [7, 11) is 0. The van der Waals surface area contributed by atoms with Crippen molar-refractivity contribution in [3.05, 3.63) is 39.7 Å². The molecule has 0 aliphatic heterocycles. The summed E-state index contributed by atoms with van der Waals surface area (Å²) in [4.78, 5) is 33.0. The van der Waals surface area contributed by atoms with Crippen molar-refractivity contribution in [1.82, 2.24) is 5.32 Å². The van der Waals surface area contributed by atoms with E-state index in [0.717, 1.165) is 12.1 Å². The predicted octanol–water partition coefficient (Wildman–Crippen LogP) is 2.11. The van der Waals surface area contributed by atoms with E-state index in [1.165, 1.54) is 0 Å². The number of nitrogens with one attached hydrogen (secondary N) is 1. The highest BCUT2D eigenvalue weighted by atomic mass is 19.1. The van der Waals surface area contributed by atoms with Crippen molar-refractivity contribution in [2.24, 2.45) is 5.92 Å². The zero-order chi connectivity index (χ0) is 16.3. The standard InChI is InChI=1S/C14H15FN2O5/c15-9-3-6-11(12(7-9)17(21)22)13(18)16-10-4-1-8(2-5-10)14(19)20/h3,6-8,10H,1-2,4-5H2,(H,16,18)(H,19,20). The van der Waals surface area contributed by atoms with Crippen LogP contribution in [0.3, 0.4) is 0 Å². The highest BCUT2D eigenvalue weighted by molar-refractivity contribution is 5.98.